The van der Waals surface area contributed by atoms with Crippen molar-refractivity contribution in [2.24, 2.45) is 29.1 Å². The quantitative estimate of drug-likeness (QED) is 0.792. The Hall–Kier alpha value is -0.410. The summed E-state index contributed by atoms with van der Waals surface area (Å²) in [4.78, 5) is 12.1. The zero-order chi connectivity index (χ0) is 14.9. The Kier molecular flexibility index (Phi) is 4.91. The van der Waals surface area contributed by atoms with Gasteiger partial charge < -0.3 is 9.47 Å². The van der Waals surface area contributed by atoms with Gasteiger partial charge in [-0.2, -0.15) is 0 Å². The highest BCUT2D eigenvalue weighted by molar-refractivity contribution is 5.83. The van der Waals surface area contributed by atoms with E-state index >= 15 is 0 Å². The number of Topliss-reactive ketones (excluding diaryl/α,β-unsaturated/α-hetero) is 1. The standard InChI is InChI=1S/C17H30O3/c1-6-12(3)17(5)9-19-16(20-10-17)14-8-7-11(2)15(18)13(14)4/h11-14,16H,6-10H2,1-5H3. The molecule has 0 aromatic carbocycles. The highest BCUT2D eigenvalue weighted by Gasteiger charge is 2.43. The van der Waals surface area contributed by atoms with E-state index in [1.807, 2.05) is 13.8 Å². The maximum absolute atomic E-state index is 12.1. The van der Waals surface area contributed by atoms with Gasteiger partial charge in [0.15, 0.2) is 6.29 Å². The molecule has 0 N–H and O–H groups in total. The minimum Gasteiger partial charge on any atom is -0.352 e. The van der Waals surface area contributed by atoms with Gasteiger partial charge in [-0.3, -0.25) is 4.79 Å². The average molecular weight is 282 g/mol. The molecule has 4 unspecified atom stereocenters. The minimum atomic E-state index is -0.182. The van der Waals surface area contributed by atoms with Crippen LogP contribution >= 0.6 is 0 Å². The molecule has 1 aliphatic carbocycles. The van der Waals surface area contributed by atoms with Gasteiger partial charge in [-0.1, -0.05) is 41.0 Å². The first-order chi connectivity index (χ1) is 9.39. The fraction of sp³-hybridized carbons (Fsp3) is 0.941. The third-order valence-corrected chi connectivity index (χ3v) is 5.82. The molecule has 20 heavy (non-hydrogen) atoms. The average Bonchev–Trinajstić information content (AvgIpc) is 2.45. The van der Waals surface area contributed by atoms with Crippen molar-refractivity contribution in [3.8, 4) is 0 Å². The van der Waals surface area contributed by atoms with E-state index in [4.69, 9.17) is 9.47 Å². The van der Waals surface area contributed by atoms with Gasteiger partial charge in [-0.25, -0.2) is 0 Å². The fourth-order valence-electron chi connectivity index (χ4n) is 3.53. The molecule has 1 aliphatic heterocycles. The summed E-state index contributed by atoms with van der Waals surface area (Å²) in [6, 6.07) is 0. The van der Waals surface area contributed by atoms with Crippen molar-refractivity contribution in [2.45, 2.75) is 60.2 Å². The van der Waals surface area contributed by atoms with Crippen LogP contribution in [0.5, 0.6) is 0 Å². The zero-order valence-electron chi connectivity index (χ0n) is 13.6. The van der Waals surface area contributed by atoms with Crippen LogP contribution in [0, 0.1) is 29.1 Å². The minimum absolute atomic E-state index is 0.0664. The van der Waals surface area contributed by atoms with Crippen molar-refractivity contribution >= 4 is 5.78 Å². The normalized spacial score (nSPS) is 44.4. The summed E-state index contributed by atoms with van der Waals surface area (Å²) in [6.45, 7) is 12.3. The van der Waals surface area contributed by atoms with Crippen LogP contribution in [0.25, 0.3) is 0 Å². The SMILES string of the molecule is CCC(C)C1(C)COC(C2CCC(C)C(=O)C2C)OC1. The molecule has 0 aromatic rings. The van der Waals surface area contributed by atoms with Crippen molar-refractivity contribution in [1.82, 2.24) is 0 Å². The Morgan fingerprint density at radius 3 is 2.40 bits per heavy atom. The second-order valence-corrected chi connectivity index (χ2v) is 7.29. The molecule has 1 saturated carbocycles. The summed E-state index contributed by atoms with van der Waals surface area (Å²) in [5.74, 6) is 1.48. The zero-order valence-corrected chi connectivity index (χ0v) is 13.6. The van der Waals surface area contributed by atoms with Crippen LogP contribution in [0.1, 0.15) is 53.9 Å². The molecule has 0 bridgehead atoms. The second-order valence-electron chi connectivity index (χ2n) is 7.29. The molecular weight excluding hydrogens is 252 g/mol. The molecule has 0 spiro atoms. The van der Waals surface area contributed by atoms with E-state index in [1.165, 1.54) is 0 Å². The first-order valence-corrected chi connectivity index (χ1v) is 8.16. The molecule has 0 aromatic heterocycles. The molecule has 4 atom stereocenters. The van der Waals surface area contributed by atoms with Gasteiger partial charge in [0.2, 0.25) is 0 Å². The van der Waals surface area contributed by atoms with E-state index in [9.17, 15) is 4.79 Å². The molecule has 0 amide bonds. The van der Waals surface area contributed by atoms with Crippen LogP contribution in [0.4, 0.5) is 0 Å². The van der Waals surface area contributed by atoms with Crippen molar-refractivity contribution in [1.29, 1.82) is 0 Å². The number of hydrogen-bond donors (Lipinski definition) is 0. The molecule has 116 valence electrons. The highest BCUT2D eigenvalue weighted by Crippen LogP contribution is 2.40. The molecule has 3 heteroatoms. The monoisotopic (exact) mass is 282 g/mol. The lowest BCUT2D eigenvalue weighted by Gasteiger charge is -2.45. The molecule has 3 nitrogen and oxygen atoms in total. The number of rotatable bonds is 3. The Bertz CT molecular complexity index is 344. The molecule has 2 fully saturated rings. The first kappa shape index (κ1) is 16.0. The Morgan fingerprint density at radius 1 is 1.25 bits per heavy atom. The summed E-state index contributed by atoms with van der Waals surface area (Å²) in [5.41, 5.74) is 0.112. The Balaban J connectivity index is 1.95. The largest absolute Gasteiger partial charge is 0.352 e. The third kappa shape index (κ3) is 2.94. The van der Waals surface area contributed by atoms with Gasteiger partial charge in [0.05, 0.1) is 13.2 Å². The number of hydrogen-bond acceptors (Lipinski definition) is 3. The molecule has 0 radical (unpaired) electrons. The van der Waals surface area contributed by atoms with Crippen molar-refractivity contribution in [3.05, 3.63) is 0 Å². The van der Waals surface area contributed by atoms with E-state index in [1.54, 1.807) is 0 Å². The van der Waals surface area contributed by atoms with E-state index in [0.717, 1.165) is 32.5 Å². The van der Waals surface area contributed by atoms with Crippen LogP contribution in [0.3, 0.4) is 0 Å². The van der Waals surface area contributed by atoms with Crippen LogP contribution in [0.15, 0.2) is 0 Å². The van der Waals surface area contributed by atoms with Gasteiger partial charge in [0, 0.05) is 23.2 Å². The van der Waals surface area contributed by atoms with Gasteiger partial charge in [0.25, 0.3) is 0 Å². The van der Waals surface area contributed by atoms with Crippen molar-refractivity contribution in [3.63, 3.8) is 0 Å². The third-order valence-electron chi connectivity index (χ3n) is 5.82. The summed E-state index contributed by atoms with van der Waals surface area (Å²) < 4.78 is 12.1. The van der Waals surface area contributed by atoms with Crippen LogP contribution in [-0.2, 0) is 14.3 Å². The number of ketones is 1. The maximum atomic E-state index is 12.1. The highest BCUT2D eigenvalue weighted by atomic mass is 16.7. The van der Waals surface area contributed by atoms with Gasteiger partial charge in [-0.15, -0.1) is 0 Å². The van der Waals surface area contributed by atoms with Crippen LogP contribution < -0.4 is 0 Å². The summed E-state index contributed by atoms with van der Waals surface area (Å²) in [6.07, 6.45) is 2.97. The topological polar surface area (TPSA) is 35.5 Å². The lowest BCUT2D eigenvalue weighted by atomic mass is 9.73. The second kappa shape index (κ2) is 6.15. The molecule has 2 rings (SSSR count). The van der Waals surface area contributed by atoms with Gasteiger partial charge >= 0.3 is 0 Å². The van der Waals surface area contributed by atoms with Crippen LogP contribution in [-0.4, -0.2) is 25.3 Å². The summed E-state index contributed by atoms with van der Waals surface area (Å²) >= 11 is 0. The van der Waals surface area contributed by atoms with Crippen molar-refractivity contribution in [2.75, 3.05) is 13.2 Å². The van der Waals surface area contributed by atoms with E-state index < -0.39 is 0 Å². The Morgan fingerprint density at radius 2 is 1.85 bits per heavy atom. The first-order valence-electron chi connectivity index (χ1n) is 8.16. The Labute approximate surface area is 123 Å². The predicted molar refractivity (Wildman–Crippen MR) is 79.3 cm³/mol. The molecular formula is C17H30O3. The molecule has 1 saturated heterocycles. The van der Waals surface area contributed by atoms with Crippen LogP contribution in [0.2, 0.25) is 0 Å². The summed E-state index contributed by atoms with van der Waals surface area (Å²) in [5, 5.41) is 0. The van der Waals surface area contributed by atoms with E-state index in [-0.39, 0.29) is 29.5 Å². The maximum Gasteiger partial charge on any atom is 0.161 e. The lowest BCUT2D eigenvalue weighted by molar-refractivity contribution is -0.263. The molecule has 2 aliphatic rings. The molecule has 1 heterocycles. The van der Waals surface area contributed by atoms with Gasteiger partial charge in [-0.05, 0) is 18.8 Å². The van der Waals surface area contributed by atoms with Gasteiger partial charge in [0.1, 0.15) is 5.78 Å². The number of carbonyl (C=O) groups excluding carboxylic acids is 1. The van der Waals surface area contributed by atoms with Crippen molar-refractivity contribution < 1.29 is 14.3 Å². The number of carbonyl (C=O) groups is 1. The number of ether oxygens (including phenoxy) is 2. The smallest absolute Gasteiger partial charge is 0.161 e. The van der Waals surface area contributed by atoms with E-state index in [2.05, 4.69) is 20.8 Å². The lowest BCUT2D eigenvalue weighted by Crippen LogP contribution is -2.49. The summed E-state index contributed by atoms with van der Waals surface area (Å²) in [7, 11) is 0. The predicted octanol–water partition coefficient (Wildman–Crippen LogP) is 3.66. The van der Waals surface area contributed by atoms with E-state index in [0.29, 0.717) is 11.7 Å². The fourth-order valence-corrected chi connectivity index (χ4v) is 3.53.